The third kappa shape index (κ3) is 3.01. The summed E-state index contributed by atoms with van der Waals surface area (Å²) in [6.45, 7) is 4.36. The molecule has 0 amide bonds. The maximum Gasteiger partial charge on any atom is 0.235 e. The summed E-state index contributed by atoms with van der Waals surface area (Å²) in [4.78, 5) is 13.5. The standard InChI is InChI=1S/C12H15NO2/c1-12(2,15-3)11-6-4-5-10(7-11)8-13-9-14/h4-7H,8H2,1-3H3. The number of isocyanates is 1. The molecular formula is C12H15NO2. The number of rotatable bonds is 4. The second kappa shape index (κ2) is 4.87. The topological polar surface area (TPSA) is 38.7 Å². The van der Waals surface area contributed by atoms with Crippen LogP contribution in [0.25, 0.3) is 0 Å². The van der Waals surface area contributed by atoms with Crippen LogP contribution in [-0.4, -0.2) is 13.2 Å². The molecule has 0 fully saturated rings. The molecule has 15 heavy (non-hydrogen) atoms. The molecule has 3 heteroatoms. The first-order chi connectivity index (χ1) is 7.10. The minimum Gasteiger partial charge on any atom is -0.374 e. The van der Waals surface area contributed by atoms with Crippen molar-refractivity contribution in [1.29, 1.82) is 0 Å². The van der Waals surface area contributed by atoms with E-state index in [9.17, 15) is 4.79 Å². The molecular weight excluding hydrogens is 190 g/mol. The highest BCUT2D eigenvalue weighted by molar-refractivity contribution is 5.34. The largest absolute Gasteiger partial charge is 0.374 e. The van der Waals surface area contributed by atoms with Crippen LogP contribution in [0.15, 0.2) is 29.3 Å². The van der Waals surface area contributed by atoms with Crippen molar-refractivity contribution in [2.24, 2.45) is 4.99 Å². The summed E-state index contributed by atoms with van der Waals surface area (Å²) < 4.78 is 5.38. The van der Waals surface area contributed by atoms with Crippen molar-refractivity contribution in [2.45, 2.75) is 26.0 Å². The molecule has 0 N–H and O–H groups in total. The first kappa shape index (κ1) is 11.6. The highest BCUT2D eigenvalue weighted by atomic mass is 16.5. The van der Waals surface area contributed by atoms with Crippen molar-refractivity contribution < 1.29 is 9.53 Å². The lowest BCUT2D eigenvalue weighted by molar-refractivity contribution is 0.0191. The van der Waals surface area contributed by atoms with Crippen molar-refractivity contribution in [2.75, 3.05) is 7.11 Å². The lowest BCUT2D eigenvalue weighted by atomic mass is 9.96. The smallest absolute Gasteiger partial charge is 0.235 e. The van der Waals surface area contributed by atoms with E-state index in [-0.39, 0.29) is 5.60 Å². The van der Waals surface area contributed by atoms with Gasteiger partial charge in [-0.1, -0.05) is 24.3 Å². The van der Waals surface area contributed by atoms with Gasteiger partial charge in [-0.3, -0.25) is 0 Å². The Bertz CT molecular complexity index is 379. The number of ether oxygens (including phenoxy) is 1. The fraction of sp³-hybridized carbons (Fsp3) is 0.417. The van der Waals surface area contributed by atoms with Gasteiger partial charge < -0.3 is 4.74 Å². The van der Waals surface area contributed by atoms with E-state index in [2.05, 4.69) is 4.99 Å². The second-order valence-corrected chi connectivity index (χ2v) is 3.82. The fourth-order valence-corrected chi connectivity index (χ4v) is 1.29. The Morgan fingerprint density at radius 1 is 1.47 bits per heavy atom. The maximum atomic E-state index is 10.00. The van der Waals surface area contributed by atoms with E-state index < -0.39 is 0 Å². The molecule has 0 saturated heterocycles. The van der Waals surface area contributed by atoms with Gasteiger partial charge in [0.2, 0.25) is 6.08 Å². The normalized spacial score (nSPS) is 10.9. The predicted octanol–water partition coefficient (Wildman–Crippen LogP) is 2.40. The van der Waals surface area contributed by atoms with E-state index in [1.807, 2.05) is 38.1 Å². The van der Waals surface area contributed by atoms with Crippen LogP contribution < -0.4 is 0 Å². The molecule has 1 aromatic rings. The zero-order valence-corrected chi connectivity index (χ0v) is 9.28. The highest BCUT2D eigenvalue weighted by Crippen LogP contribution is 2.24. The van der Waals surface area contributed by atoms with Crippen LogP contribution in [0.5, 0.6) is 0 Å². The van der Waals surface area contributed by atoms with E-state index in [4.69, 9.17) is 4.74 Å². The van der Waals surface area contributed by atoms with Crippen LogP contribution in [0.1, 0.15) is 25.0 Å². The summed E-state index contributed by atoms with van der Waals surface area (Å²) in [5, 5.41) is 0. The van der Waals surface area contributed by atoms with Crippen LogP contribution in [-0.2, 0) is 21.7 Å². The molecule has 0 aromatic heterocycles. The van der Waals surface area contributed by atoms with Gasteiger partial charge in [0.1, 0.15) is 0 Å². The Kier molecular flexibility index (Phi) is 3.78. The van der Waals surface area contributed by atoms with Gasteiger partial charge in [0.15, 0.2) is 0 Å². The number of hydrogen-bond acceptors (Lipinski definition) is 3. The van der Waals surface area contributed by atoms with Crippen molar-refractivity contribution in [3.05, 3.63) is 35.4 Å². The van der Waals surface area contributed by atoms with Gasteiger partial charge in [0.05, 0.1) is 12.1 Å². The molecule has 0 saturated carbocycles. The molecule has 0 radical (unpaired) electrons. The van der Waals surface area contributed by atoms with Gasteiger partial charge in [-0.25, -0.2) is 9.79 Å². The number of nitrogens with zero attached hydrogens (tertiary/aromatic N) is 1. The van der Waals surface area contributed by atoms with E-state index in [1.54, 1.807) is 7.11 Å². The van der Waals surface area contributed by atoms with Crippen molar-refractivity contribution >= 4 is 6.08 Å². The minimum absolute atomic E-state index is 0.319. The van der Waals surface area contributed by atoms with Crippen LogP contribution in [0.4, 0.5) is 0 Å². The average Bonchev–Trinajstić information content (AvgIpc) is 2.27. The van der Waals surface area contributed by atoms with Crippen LogP contribution >= 0.6 is 0 Å². The van der Waals surface area contributed by atoms with Crippen molar-refractivity contribution in [1.82, 2.24) is 0 Å². The summed E-state index contributed by atoms with van der Waals surface area (Å²) >= 11 is 0. The molecule has 0 aliphatic heterocycles. The summed E-state index contributed by atoms with van der Waals surface area (Å²) in [5.74, 6) is 0. The summed E-state index contributed by atoms with van der Waals surface area (Å²) in [7, 11) is 1.68. The van der Waals surface area contributed by atoms with Gasteiger partial charge in [-0.15, -0.1) is 0 Å². The maximum absolute atomic E-state index is 10.00. The Morgan fingerprint density at radius 3 is 2.80 bits per heavy atom. The predicted molar refractivity (Wildman–Crippen MR) is 58.3 cm³/mol. The number of benzene rings is 1. The fourth-order valence-electron chi connectivity index (χ4n) is 1.29. The number of hydrogen-bond donors (Lipinski definition) is 0. The van der Waals surface area contributed by atoms with E-state index in [1.165, 1.54) is 6.08 Å². The Labute approximate surface area is 89.8 Å². The molecule has 1 aromatic carbocycles. The Morgan fingerprint density at radius 2 is 2.20 bits per heavy atom. The average molecular weight is 205 g/mol. The van der Waals surface area contributed by atoms with Gasteiger partial charge in [0.25, 0.3) is 0 Å². The number of methoxy groups -OCH3 is 1. The number of aliphatic imine (C=N–C) groups is 1. The summed E-state index contributed by atoms with van der Waals surface area (Å²) in [6.07, 6.45) is 1.53. The first-order valence-electron chi connectivity index (χ1n) is 4.78. The van der Waals surface area contributed by atoms with Crippen molar-refractivity contribution in [3.63, 3.8) is 0 Å². The van der Waals surface area contributed by atoms with Crippen LogP contribution in [0.3, 0.4) is 0 Å². The highest BCUT2D eigenvalue weighted by Gasteiger charge is 2.19. The molecule has 80 valence electrons. The summed E-state index contributed by atoms with van der Waals surface area (Å²) in [5.41, 5.74) is 1.74. The van der Waals surface area contributed by atoms with E-state index >= 15 is 0 Å². The van der Waals surface area contributed by atoms with Gasteiger partial charge in [-0.05, 0) is 25.0 Å². The van der Waals surface area contributed by atoms with Crippen LogP contribution in [0.2, 0.25) is 0 Å². The Balaban J connectivity index is 2.96. The monoisotopic (exact) mass is 205 g/mol. The van der Waals surface area contributed by atoms with Crippen LogP contribution in [0, 0.1) is 0 Å². The minimum atomic E-state index is -0.319. The van der Waals surface area contributed by atoms with E-state index in [0.717, 1.165) is 11.1 Å². The Hall–Kier alpha value is -1.44. The molecule has 0 heterocycles. The molecule has 0 unspecified atom stereocenters. The molecule has 0 aliphatic rings. The SMILES string of the molecule is COC(C)(C)c1cccc(CN=C=O)c1. The molecule has 3 nitrogen and oxygen atoms in total. The quantitative estimate of drug-likeness (QED) is 0.559. The molecule has 0 bridgehead atoms. The van der Waals surface area contributed by atoms with Gasteiger partial charge >= 0.3 is 0 Å². The lowest BCUT2D eigenvalue weighted by Crippen LogP contribution is -2.19. The van der Waals surface area contributed by atoms with Crippen molar-refractivity contribution in [3.8, 4) is 0 Å². The van der Waals surface area contributed by atoms with E-state index in [0.29, 0.717) is 6.54 Å². The number of carbonyl (C=O) groups excluding carboxylic acids is 1. The zero-order valence-electron chi connectivity index (χ0n) is 9.28. The summed E-state index contributed by atoms with van der Waals surface area (Å²) in [6, 6.07) is 7.85. The molecule has 1 rings (SSSR count). The second-order valence-electron chi connectivity index (χ2n) is 3.82. The molecule has 0 aliphatic carbocycles. The zero-order chi connectivity index (χ0) is 11.3. The van der Waals surface area contributed by atoms with Gasteiger partial charge in [0, 0.05) is 7.11 Å². The molecule has 0 spiro atoms. The van der Waals surface area contributed by atoms with Gasteiger partial charge in [-0.2, -0.15) is 0 Å². The third-order valence-electron chi connectivity index (χ3n) is 2.46. The lowest BCUT2D eigenvalue weighted by Gasteiger charge is -2.23. The third-order valence-corrected chi connectivity index (χ3v) is 2.46. The first-order valence-corrected chi connectivity index (χ1v) is 4.78. The molecule has 0 atom stereocenters.